The predicted molar refractivity (Wildman–Crippen MR) is 134 cm³/mol. The highest BCUT2D eigenvalue weighted by Crippen LogP contribution is 2.70. The summed E-state index contributed by atoms with van der Waals surface area (Å²) in [5.74, 6) is 0.0978. The second-order valence-electron chi connectivity index (χ2n) is 13.7. The summed E-state index contributed by atoms with van der Waals surface area (Å²) < 4.78 is 17.0. The van der Waals surface area contributed by atoms with Gasteiger partial charge in [0.2, 0.25) is 0 Å². The van der Waals surface area contributed by atoms with Crippen LogP contribution in [0.4, 0.5) is 0 Å². The number of cyclic esters (lactones) is 1. The highest BCUT2D eigenvalue weighted by atomic mass is 16.7. The first kappa shape index (κ1) is 27.1. The number of hydrogen-bond acceptors (Lipinski definition) is 9. The highest BCUT2D eigenvalue weighted by Gasteiger charge is 2.70. The molecule has 5 fully saturated rings. The van der Waals surface area contributed by atoms with Crippen molar-refractivity contribution in [3.63, 3.8) is 0 Å². The molecule has 13 atom stereocenters. The van der Waals surface area contributed by atoms with Gasteiger partial charge in [0.15, 0.2) is 6.29 Å². The fourth-order valence-corrected chi connectivity index (χ4v) is 9.80. The quantitative estimate of drug-likeness (QED) is 0.268. The molecule has 0 bridgehead atoms. The lowest BCUT2D eigenvalue weighted by Crippen LogP contribution is -2.67. The van der Waals surface area contributed by atoms with Crippen LogP contribution in [0, 0.1) is 28.6 Å². The molecule has 9 nitrogen and oxygen atoms in total. The van der Waals surface area contributed by atoms with E-state index in [-0.39, 0.29) is 40.7 Å². The van der Waals surface area contributed by atoms with Crippen LogP contribution in [0.2, 0.25) is 0 Å². The van der Waals surface area contributed by atoms with Crippen LogP contribution in [0.15, 0.2) is 11.6 Å². The molecule has 0 spiro atoms. The van der Waals surface area contributed by atoms with E-state index in [2.05, 4.69) is 13.8 Å². The highest BCUT2D eigenvalue weighted by molar-refractivity contribution is 5.85. The van der Waals surface area contributed by atoms with Crippen molar-refractivity contribution in [3.8, 4) is 0 Å². The van der Waals surface area contributed by atoms with Crippen molar-refractivity contribution in [2.24, 2.45) is 28.6 Å². The van der Waals surface area contributed by atoms with Crippen molar-refractivity contribution < 1.29 is 44.5 Å². The lowest BCUT2D eigenvalue weighted by Gasteiger charge is -2.66. The zero-order chi connectivity index (χ0) is 27.3. The molecule has 6 aliphatic rings. The fraction of sp³-hybridized carbons (Fsp3) is 0.897. The van der Waals surface area contributed by atoms with Crippen molar-refractivity contribution in [2.75, 3.05) is 6.61 Å². The number of aliphatic hydroxyl groups is 5. The minimum absolute atomic E-state index is 0.0774. The topological polar surface area (TPSA) is 146 Å². The Hall–Kier alpha value is -1.07. The van der Waals surface area contributed by atoms with Crippen molar-refractivity contribution >= 4 is 5.97 Å². The summed E-state index contributed by atoms with van der Waals surface area (Å²) in [6, 6.07) is 0. The first-order valence-electron chi connectivity index (χ1n) is 14.5. The van der Waals surface area contributed by atoms with E-state index in [0.29, 0.717) is 32.3 Å². The number of aliphatic hydroxyl groups excluding tert-OH is 3. The first-order valence-corrected chi connectivity index (χ1v) is 14.5. The van der Waals surface area contributed by atoms with Crippen molar-refractivity contribution in [3.05, 3.63) is 11.6 Å². The SMILES string of the molecule is C[C@H]1O[C@@H](O[C@H]2CC[C@]3(C)[C@H]4CC[C@]5(C)[C@@H](C6=CC(=O)OC6)CC[C@]5(O)[C@H]4CC[C@]3(O)C2)[C@H](O)[C@@H](O)[C@H]1O. The van der Waals surface area contributed by atoms with Gasteiger partial charge in [0.1, 0.15) is 24.9 Å². The number of carbonyl (C=O) groups is 1. The molecule has 0 aromatic carbocycles. The Morgan fingerprint density at radius 1 is 0.895 bits per heavy atom. The molecule has 0 radical (unpaired) electrons. The molecule has 1 saturated heterocycles. The minimum Gasteiger partial charge on any atom is -0.458 e. The van der Waals surface area contributed by atoms with E-state index in [1.165, 1.54) is 0 Å². The molecule has 4 saturated carbocycles. The Labute approximate surface area is 224 Å². The number of hydrogen-bond donors (Lipinski definition) is 5. The molecule has 4 aliphatic carbocycles. The van der Waals surface area contributed by atoms with Gasteiger partial charge in [-0.2, -0.15) is 0 Å². The number of esters is 1. The molecule has 9 heteroatoms. The van der Waals surface area contributed by atoms with Crippen LogP contribution in [0.5, 0.6) is 0 Å². The normalized spacial score (nSPS) is 56.5. The Bertz CT molecular complexity index is 1000. The molecule has 214 valence electrons. The second-order valence-corrected chi connectivity index (χ2v) is 13.7. The van der Waals surface area contributed by atoms with Gasteiger partial charge in [0.05, 0.1) is 23.4 Å². The van der Waals surface area contributed by atoms with Crippen LogP contribution >= 0.6 is 0 Å². The Balaban J connectivity index is 1.19. The van der Waals surface area contributed by atoms with Gasteiger partial charge >= 0.3 is 5.97 Å². The first-order chi connectivity index (χ1) is 17.8. The molecule has 0 amide bonds. The van der Waals surface area contributed by atoms with Gasteiger partial charge in [-0.15, -0.1) is 0 Å². The zero-order valence-electron chi connectivity index (χ0n) is 22.7. The van der Waals surface area contributed by atoms with Gasteiger partial charge in [-0.05, 0) is 87.0 Å². The molecule has 2 aliphatic heterocycles. The van der Waals surface area contributed by atoms with E-state index in [4.69, 9.17) is 14.2 Å². The Kier molecular flexibility index (Phi) is 6.40. The van der Waals surface area contributed by atoms with E-state index in [1.807, 2.05) is 0 Å². The molecular formula is C29H44O9. The largest absolute Gasteiger partial charge is 0.458 e. The molecule has 6 rings (SSSR count). The molecule has 5 N–H and O–H groups in total. The molecule has 38 heavy (non-hydrogen) atoms. The van der Waals surface area contributed by atoms with Gasteiger partial charge in [-0.25, -0.2) is 4.79 Å². The number of fused-ring (bicyclic) bond motifs is 5. The predicted octanol–water partition coefficient (Wildman–Crippen LogP) is 1.57. The van der Waals surface area contributed by atoms with Crippen molar-refractivity contribution in [1.29, 1.82) is 0 Å². The summed E-state index contributed by atoms with van der Waals surface area (Å²) in [5, 5.41) is 55.1. The molecular weight excluding hydrogens is 492 g/mol. The average Bonchev–Trinajstić information content (AvgIpc) is 3.41. The van der Waals surface area contributed by atoms with Gasteiger partial charge < -0.3 is 39.7 Å². The van der Waals surface area contributed by atoms with E-state index < -0.39 is 41.9 Å². The molecule has 0 aromatic rings. The lowest BCUT2D eigenvalue weighted by atomic mass is 9.42. The van der Waals surface area contributed by atoms with E-state index in [0.717, 1.165) is 37.7 Å². The molecule has 2 heterocycles. The standard InChI is InChI=1S/C29H44O9/c1-15-22(31)23(32)24(33)25(37-15)38-17-4-8-26(2)19-5-9-27(3)18(16-12-21(30)36-14-16)7-11-29(27,35)20(19)6-10-28(26,34)13-17/h12,15,17-20,22-25,31-35H,4-11,13-14H2,1-3H3/t15-,17+,18-,19+,20+,22+,23+,24-,25+,26-,27-,28+,29+/m1/s1. The Morgan fingerprint density at radius 2 is 1.61 bits per heavy atom. The van der Waals surface area contributed by atoms with Gasteiger partial charge in [0, 0.05) is 17.9 Å². The van der Waals surface area contributed by atoms with Gasteiger partial charge in [-0.1, -0.05) is 13.8 Å². The third kappa shape index (κ3) is 3.65. The number of carbonyl (C=O) groups excluding carboxylic acids is 1. The summed E-state index contributed by atoms with van der Waals surface area (Å²) >= 11 is 0. The van der Waals surface area contributed by atoms with Crippen LogP contribution in [-0.4, -0.2) is 86.1 Å². The second kappa shape index (κ2) is 8.96. The third-order valence-electron chi connectivity index (χ3n) is 12.2. The maximum Gasteiger partial charge on any atom is 0.331 e. The molecule has 0 unspecified atom stereocenters. The number of ether oxygens (including phenoxy) is 3. The maximum absolute atomic E-state index is 12.4. The number of rotatable bonds is 3. The summed E-state index contributed by atoms with van der Waals surface area (Å²) in [6.07, 6.45) is 2.01. The van der Waals surface area contributed by atoms with Crippen LogP contribution in [-0.2, 0) is 19.0 Å². The van der Waals surface area contributed by atoms with Crippen LogP contribution < -0.4 is 0 Å². The monoisotopic (exact) mass is 536 g/mol. The average molecular weight is 537 g/mol. The van der Waals surface area contributed by atoms with E-state index in [9.17, 15) is 30.3 Å². The smallest absolute Gasteiger partial charge is 0.331 e. The zero-order valence-corrected chi connectivity index (χ0v) is 22.7. The maximum atomic E-state index is 12.4. The van der Waals surface area contributed by atoms with Gasteiger partial charge in [0.25, 0.3) is 0 Å². The van der Waals surface area contributed by atoms with Crippen LogP contribution in [0.3, 0.4) is 0 Å². The van der Waals surface area contributed by atoms with Crippen molar-refractivity contribution in [1.82, 2.24) is 0 Å². The Morgan fingerprint density at radius 3 is 2.32 bits per heavy atom. The van der Waals surface area contributed by atoms with E-state index in [1.54, 1.807) is 13.0 Å². The summed E-state index contributed by atoms with van der Waals surface area (Å²) in [6.45, 7) is 6.33. The lowest BCUT2D eigenvalue weighted by molar-refractivity contribution is -0.319. The minimum atomic E-state index is -1.36. The van der Waals surface area contributed by atoms with Crippen LogP contribution in [0.25, 0.3) is 0 Å². The van der Waals surface area contributed by atoms with Gasteiger partial charge in [-0.3, -0.25) is 0 Å². The summed E-state index contributed by atoms with van der Waals surface area (Å²) in [5.41, 5.74) is -1.51. The third-order valence-corrected chi connectivity index (χ3v) is 12.2. The van der Waals surface area contributed by atoms with E-state index >= 15 is 0 Å². The van der Waals surface area contributed by atoms with Crippen molar-refractivity contribution in [2.45, 2.75) is 127 Å². The fourth-order valence-electron chi connectivity index (χ4n) is 9.80. The van der Waals surface area contributed by atoms with Crippen LogP contribution in [0.1, 0.15) is 78.6 Å². The summed E-state index contributed by atoms with van der Waals surface area (Å²) in [7, 11) is 0. The molecule has 0 aromatic heterocycles. The summed E-state index contributed by atoms with van der Waals surface area (Å²) in [4.78, 5) is 11.8.